The van der Waals surface area contributed by atoms with Crippen molar-refractivity contribution in [2.45, 2.75) is 39.0 Å². The zero-order chi connectivity index (χ0) is 10.6. The lowest BCUT2D eigenvalue weighted by atomic mass is 9.76. The minimum atomic E-state index is 0.238. The van der Waals surface area contributed by atoms with Crippen molar-refractivity contribution >= 4 is 0 Å². The summed E-state index contributed by atoms with van der Waals surface area (Å²) in [5.74, 6) is 0. The highest BCUT2D eigenvalue weighted by Gasteiger charge is 2.27. The van der Waals surface area contributed by atoms with Crippen molar-refractivity contribution in [3.8, 4) is 0 Å². The average molecular weight is 200 g/mol. The Kier molecular flexibility index (Phi) is 3.25. The molecule has 2 aliphatic rings. The second kappa shape index (κ2) is 4.65. The summed E-state index contributed by atoms with van der Waals surface area (Å²) < 4.78 is 0. The van der Waals surface area contributed by atoms with Gasteiger partial charge in [-0.1, -0.05) is 55.0 Å². The maximum atomic E-state index is 2.36. The first-order chi connectivity index (χ1) is 7.37. The molecule has 0 amide bonds. The highest BCUT2D eigenvalue weighted by Crippen LogP contribution is 2.40. The molecule has 2 rings (SSSR count). The lowest BCUT2D eigenvalue weighted by Gasteiger charge is -2.28. The average Bonchev–Trinajstić information content (AvgIpc) is 2.67. The zero-order valence-electron chi connectivity index (χ0n) is 9.58. The Labute approximate surface area is 93.1 Å². The molecule has 0 saturated heterocycles. The molecular formula is C15H20. The number of rotatable bonds is 2. The Hall–Kier alpha value is -1.04. The lowest BCUT2D eigenvalue weighted by Crippen LogP contribution is -2.15. The molecule has 0 unspecified atom stereocenters. The van der Waals surface area contributed by atoms with Gasteiger partial charge in [-0.2, -0.15) is 0 Å². The molecule has 0 aromatic rings. The third-order valence-corrected chi connectivity index (χ3v) is 3.58. The first-order valence-corrected chi connectivity index (χ1v) is 6.11. The summed E-state index contributed by atoms with van der Waals surface area (Å²) in [6, 6.07) is 0. The smallest absolute Gasteiger partial charge is 0.0277 e. The minimum absolute atomic E-state index is 0.238. The molecule has 0 aromatic carbocycles. The van der Waals surface area contributed by atoms with Crippen LogP contribution in [0.3, 0.4) is 0 Å². The molecule has 0 saturated carbocycles. The van der Waals surface area contributed by atoms with Gasteiger partial charge in [0.25, 0.3) is 0 Å². The summed E-state index contributed by atoms with van der Waals surface area (Å²) in [4.78, 5) is 0. The van der Waals surface area contributed by atoms with E-state index >= 15 is 0 Å². The van der Waals surface area contributed by atoms with E-state index in [1.807, 2.05) is 0 Å². The molecule has 0 heteroatoms. The van der Waals surface area contributed by atoms with Gasteiger partial charge < -0.3 is 0 Å². The summed E-state index contributed by atoms with van der Waals surface area (Å²) >= 11 is 0. The van der Waals surface area contributed by atoms with Crippen molar-refractivity contribution in [3.05, 3.63) is 48.1 Å². The van der Waals surface area contributed by atoms with Gasteiger partial charge in [0.15, 0.2) is 0 Å². The lowest BCUT2D eigenvalue weighted by molar-refractivity contribution is 0.531. The van der Waals surface area contributed by atoms with E-state index in [1.165, 1.54) is 32.1 Å². The van der Waals surface area contributed by atoms with Gasteiger partial charge in [-0.05, 0) is 32.1 Å². The SMILES string of the molecule is CCC1(C2=CC=CCCCC2)C=CC=C1. The van der Waals surface area contributed by atoms with Gasteiger partial charge >= 0.3 is 0 Å². The fourth-order valence-electron chi connectivity index (χ4n) is 2.52. The van der Waals surface area contributed by atoms with Gasteiger partial charge in [0.1, 0.15) is 0 Å². The fraction of sp³-hybridized carbons (Fsp3) is 0.467. The molecule has 15 heavy (non-hydrogen) atoms. The van der Waals surface area contributed by atoms with Crippen molar-refractivity contribution in [2.24, 2.45) is 5.41 Å². The van der Waals surface area contributed by atoms with E-state index in [4.69, 9.17) is 0 Å². The third-order valence-electron chi connectivity index (χ3n) is 3.58. The monoisotopic (exact) mass is 200 g/mol. The van der Waals surface area contributed by atoms with Crippen molar-refractivity contribution in [2.75, 3.05) is 0 Å². The van der Waals surface area contributed by atoms with Gasteiger partial charge in [-0.3, -0.25) is 0 Å². The maximum absolute atomic E-state index is 2.36. The number of hydrogen-bond donors (Lipinski definition) is 0. The van der Waals surface area contributed by atoms with Gasteiger partial charge in [-0.25, -0.2) is 0 Å². The zero-order valence-corrected chi connectivity index (χ0v) is 9.58. The van der Waals surface area contributed by atoms with Crippen LogP contribution in [-0.4, -0.2) is 0 Å². The molecule has 0 fully saturated rings. The Bertz CT molecular complexity index is 314. The van der Waals surface area contributed by atoms with Crippen molar-refractivity contribution in [1.82, 2.24) is 0 Å². The fourth-order valence-corrected chi connectivity index (χ4v) is 2.52. The third kappa shape index (κ3) is 2.14. The van der Waals surface area contributed by atoms with E-state index in [1.54, 1.807) is 5.57 Å². The van der Waals surface area contributed by atoms with E-state index in [9.17, 15) is 0 Å². The van der Waals surface area contributed by atoms with Gasteiger partial charge in [-0.15, -0.1) is 0 Å². The first kappa shape index (κ1) is 10.5. The van der Waals surface area contributed by atoms with Crippen LogP contribution in [0.15, 0.2) is 48.1 Å². The predicted octanol–water partition coefficient (Wildman–Crippen LogP) is 4.57. The van der Waals surface area contributed by atoms with Crippen molar-refractivity contribution in [1.29, 1.82) is 0 Å². The summed E-state index contributed by atoms with van der Waals surface area (Å²) in [7, 11) is 0. The van der Waals surface area contributed by atoms with Gasteiger partial charge in [0, 0.05) is 5.41 Å². The van der Waals surface area contributed by atoms with Crippen LogP contribution >= 0.6 is 0 Å². The van der Waals surface area contributed by atoms with E-state index < -0.39 is 0 Å². The number of allylic oxidation sites excluding steroid dienone is 8. The van der Waals surface area contributed by atoms with Gasteiger partial charge in [0.05, 0.1) is 0 Å². The molecule has 0 aromatic heterocycles. The summed E-state index contributed by atoms with van der Waals surface area (Å²) in [6.45, 7) is 2.28. The molecule has 0 atom stereocenters. The van der Waals surface area contributed by atoms with Crippen LogP contribution < -0.4 is 0 Å². The minimum Gasteiger partial charge on any atom is -0.0845 e. The summed E-state index contributed by atoms with van der Waals surface area (Å²) in [6.07, 6.45) is 22.3. The summed E-state index contributed by atoms with van der Waals surface area (Å²) in [5.41, 5.74) is 1.83. The largest absolute Gasteiger partial charge is 0.0845 e. The Morgan fingerprint density at radius 2 is 1.93 bits per heavy atom. The van der Waals surface area contributed by atoms with Crippen LogP contribution in [0.5, 0.6) is 0 Å². The predicted molar refractivity (Wildman–Crippen MR) is 66.7 cm³/mol. The normalized spacial score (nSPS) is 23.7. The van der Waals surface area contributed by atoms with Crippen LogP contribution in [0.25, 0.3) is 0 Å². The number of hydrogen-bond acceptors (Lipinski definition) is 0. The Balaban J connectivity index is 2.26. The topological polar surface area (TPSA) is 0 Å². The molecule has 2 aliphatic carbocycles. The van der Waals surface area contributed by atoms with E-state index in [0.29, 0.717) is 0 Å². The Morgan fingerprint density at radius 3 is 2.67 bits per heavy atom. The second-order valence-electron chi connectivity index (χ2n) is 4.48. The van der Waals surface area contributed by atoms with E-state index in [2.05, 4.69) is 49.5 Å². The summed E-state index contributed by atoms with van der Waals surface area (Å²) in [5, 5.41) is 0. The van der Waals surface area contributed by atoms with Crippen LogP contribution in [-0.2, 0) is 0 Å². The van der Waals surface area contributed by atoms with Crippen molar-refractivity contribution < 1.29 is 0 Å². The Morgan fingerprint density at radius 1 is 1.13 bits per heavy atom. The standard InChI is InChI=1S/C15H20/c1-2-15(12-8-9-13-15)14-10-6-4-3-5-7-11-14/h4,6,8-10,12-13H,2-3,5,7,11H2,1H3. The van der Waals surface area contributed by atoms with Crippen LogP contribution in [0.4, 0.5) is 0 Å². The molecule has 0 heterocycles. The molecule has 80 valence electrons. The molecule has 0 bridgehead atoms. The van der Waals surface area contributed by atoms with E-state index in [-0.39, 0.29) is 5.41 Å². The molecule has 0 radical (unpaired) electrons. The second-order valence-corrected chi connectivity index (χ2v) is 4.48. The van der Waals surface area contributed by atoms with Crippen LogP contribution in [0.1, 0.15) is 39.0 Å². The first-order valence-electron chi connectivity index (χ1n) is 6.11. The van der Waals surface area contributed by atoms with Crippen LogP contribution in [0.2, 0.25) is 0 Å². The molecule has 0 spiro atoms. The molecule has 0 aliphatic heterocycles. The maximum Gasteiger partial charge on any atom is 0.0277 e. The highest BCUT2D eigenvalue weighted by atomic mass is 14.3. The van der Waals surface area contributed by atoms with Crippen molar-refractivity contribution in [3.63, 3.8) is 0 Å². The quantitative estimate of drug-likeness (QED) is 0.612. The highest BCUT2D eigenvalue weighted by molar-refractivity contribution is 5.38. The van der Waals surface area contributed by atoms with E-state index in [0.717, 1.165) is 0 Å². The molecule has 0 nitrogen and oxygen atoms in total. The molecule has 0 N–H and O–H groups in total. The molecular weight excluding hydrogens is 180 g/mol. The van der Waals surface area contributed by atoms with Gasteiger partial charge in [0.2, 0.25) is 0 Å². The van der Waals surface area contributed by atoms with Crippen LogP contribution in [0, 0.1) is 5.41 Å².